The van der Waals surface area contributed by atoms with Gasteiger partial charge >= 0.3 is 0 Å². The van der Waals surface area contributed by atoms with Gasteiger partial charge < -0.3 is 4.74 Å². The molecule has 1 aliphatic carbocycles. The Bertz CT molecular complexity index is 1160. The van der Waals surface area contributed by atoms with Crippen LogP contribution in [0.25, 0.3) is 33.5 Å². The fourth-order valence-corrected chi connectivity index (χ4v) is 3.84. The number of ether oxygens (including phenoxy) is 1. The molecule has 4 aromatic rings. The van der Waals surface area contributed by atoms with E-state index in [1.54, 1.807) is 18.0 Å². The maximum Gasteiger partial charge on any atom is 0.147 e. The van der Waals surface area contributed by atoms with E-state index in [1.165, 1.54) is 0 Å². The quantitative estimate of drug-likeness (QED) is 0.605. The van der Waals surface area contributed by atoms with E-state index in [0.717, 1.165) is 39.0 Å². The number of halogens is 1. The molecule has 0 amide bonds. The summed E-state index contributed by atoms with van der Waals surface area (Å²) in [4.78, 5) is 4.89. The van der Waals surface area contributed by atoms with Crippen LogP contribution >= 0.6 is 0 Å². The van der Waals surface area contributed by atoms with Crippen molar-refractivity contribution >= 4 is 11.0 Å². The summed E-state index contributed by atoms with van der Waals surface area (Å²) < 4.78 is 21.3. The molecule has 27 heavy (non-hydrogen) atoms. The van der Waals surface area contributed by atoms with Crippen LogP contribution in [0.15, 0.2) is 36.7 Å². The van der Waals surface area contributed by atoms with Gasteiger partial charge in [-0.1, -0.05) is 18.2 Å². The van der Waals surface area contributed by atoms with Crippen molar-refractivity contribution in [2.45, 2.75) is 19.0 Å². The average molecular weight is 363 g/mol. The van der Waals surface area contributed by atoms with Crippen LogP contribution in [0.1, 0.15) is 11.1 Å². The van der Waals surface area contributed by atoms with Crippen molar-refractivity contribution in [2.24, 2.45) is 7.05 Å². The lowest BCUT2D eigenvalue weighted by molar-refractivity contribution is 0.349. The molecule has 1 atom stereocenters. The number of hydrogen-bond donors (Lipinski definition) is 1. The van der Waals surface area contributed by atoms with Gasteiger partial charge in [-0.3, -0.25) is 9.78 Å². The lowest BCUT2D eigenvalue weighted by Gasteiger charge is -2.12. The van der Waals surface area contributed by atoms with Crippen molar-refractivity contribution in [3.05, 3.63) is 47.8 Å². The highest BCUT2D eigenvalue weighted by Crippen LogP contribution is 2.39. The van der Waals surface area contributed by atoms with Crippen LogP contribution in [0.4, 0.5) is 4.39 Å². The molecule has 3 aromatic heterocycles. The molecular weight excluding hydrogens is 345 g/mol. The van der Waals surface area contributed by atoms with Gasteiger partial charge in [-0.25, -0.2) is 9.37 Å². The van der Waals surface area contributed by atoms with Crippen molar-refractivity contribution in [3.63, 3.8) is 0 Å². The van der Waals surface area contributed by atoms with Crippen molar-refractivity contribution in [1.82, 2.24) is 25.0 Å². The predicted molar refractivity (Wildman–Crippen MR) is 100 cm³/mol. The average Bonchev–Trinajstić information content (AvgIpc) is 3.36. The van der Waals surface area contributed by atoms with Crippen LogP contribution < -0.4 is 4.74 Å². The van der Waals surface area contributed by atoms with Crippen molar-refractivity contribution in [3.8, 4) is 28.3 Å². The summed E-state index contributed by atoms with van der Waals surface area (Å²) in [5.74, 6) is 0.639. The fourth-order valence-electron chi connectivity index (χ4n) is 3.84. The number of pyridine rings is 1. The third-order valence-corrected chi connectivity index (χ3v) is 5.09. The van der Waals surface area contributed by atoms with Crippen LogP contribution in [-0.2, 0) is 19.9 Å². The normalized spacial score (nSPS) is 16.0. The summed E-state index contributed by atoms with van der Waals surface area (Å²) in [6.45, 7) is 0. The molecule has 0 saturated heterocycles. The number of alkyl halides is 1. The van der Waals surface area contributed by atoms with Gasteiger partial charge in [0.25, 0.3) is 0 Å². The molecule has 5 rings (SSSR count). The molecule has 7 heteroatoms. The number of aryl methyl sites for hydroxylation is 1. The Hall–Kier alpha value is -3.22. The second-order valence-corrected chi connectivity index (χ2v) is 6.86. The minimum atomic E-state index is -0.837. The first-order valence-electron chi connectivity index (χ1n) is 8.81. The van der Waals surface area contributed by atoms with Crippen LogP contribution in [0.3, 0.4) is 0 Å². The third-order valence-electron chi connectivity index (χ3n) is 5.09. The van der Waals surface area contributed by atoms with Crippen molar-refractivity contribution in [2.75, 3.05) is 7.11 Å². The van der Waals surface area contributed by atoms with E-state index in [2.05, 4.69) is 15.3 Å². The number of fused-ring (bicyclic) bond motifs is 2. The van der Waals surface area contributed by atoms with E-state index in [0.29, 0.717) is 24.3 Å². The monoisotopic (exact) mass is 363 g/mol. The van der Waals surface area contributed by atoms with Gasteiger partial charge in [0.05, 0.1) is 18.8 Å². The van der Waals surface area contributed by atoms with Crippen molar-refractivity contribution < 1.29 is 9.13 Å². The number of aromatic amines is 1. The summed E-state index contributed by atoms with van der Waals surface area (Å²) in [6, 6.07) is 7.82. The minimum Gasteiger partial charge on any atom is -0.494 e. The topological polar surface area (TPSA) is 68.6 Å². The zero-order valence-electron chi connectivity index (χ0n) is 15.0. The lowest BCUT2D eigenvalue weighted by Crippen LogP contribution is -1.98. The standard InChI is InChI=1S/C20H18FN5O/c1-26-10-12(9-22-26)18-20-16(24-25-18)8-17(27-2)19(23-20)14-5-3-4-11-6-13(21)7-15(11)14/h3-5,8-10,13H,6-7H2,1-2H3,(H,24,25). The number of hydrogen-bond acceptors (Lipinski definition) is 4. The number of aromatic nitrogens is 5. The first-order chi connectivity index (χ1) is 13.1. The molecule has 1 aliphatic rings. The first-order valence-corrected chi connectivity index (χ1v) is 8.81. The predicted octanol–water partition coefficient (Wildman–Crippen LogP) is 3.47. The van der Waals surface area contributed by atoms with Gasteiger partial charge in [0.15, 0.2) is 0 Å². The van der Waals surface area contributed by atoms with Gasteiger partial charge in [-0.2, -0.15) is 10.2 Å². The molecule has 6 nitrogen and oxygen atoms in total. The number of nitrogens with one attached hydrogen (secondary N) is 1. The SMILES string of the molecule is COc1cc2[nH]nc(-c3cnn(C)c3)c2nc1-c1cccc2c1CC(F)C2. The highest BCUT2D eigenvalue weighted by Gasteiger charge is 2.26. The Balaban J connectivity index is 1.74. The number of rotatable bonds is 3. The lowest BCUT2D eigenvalue weighted by atomic mass is 9.99. The maximum absolute atomic E-state index is 14.0. The third kappa shape index (κ3) is 2.50. The number of methoxy groups -OCH3 is 1. The fraction of sp³-hybridized carbons (Fsp3) is 0.250. The van der Waals surface area contributed by atoms with E-state index in [1.807, 2.05) is 37.5 Å². The van der Waals surface area contributed by atoms with E-state index in [4.69, 9.17) is 9.72 Å². The van der Waals surface area contributed by atoms with Gasteiger partial charge in [0.2, 0.25) is 0 Å². The molecule has 3 heterocycles. The van der Waals surface area contributed by atoms with Gasteiger partial charge in [0, 0.05) is 43.3 Å². The molecule has 0 saturated carbocycles. The van der Waals surface area contributed by atoms with Gasteiger partial charge in [-0.05, 0) is 11.1 Å². The molecule has 136 valence electrons. The molecule has 0 bridgehead atoms. The Morgan fingerprint density at radius 3 is 2.93 bits per heavy atom. The Labute approximate surface area is 155 Å². The summed E-state index contributed by atoms with van der Waals surface area (Å²) >= 11 is 0. The largest absolute Gasteiger partial charge is 0.494 e. The minimum absolute atomic E-state index is 0.412. The molecule has 0 aliphatic heterocycles. The second-order valence-electron chi connectivity index (χ2n) is 6.86. The number of benzene rings is 1. The molecule has 0 spiro atoms. The molecule has 0 fully saturated rings. The molecule has 1 N–H and O–H groups in total. The summed E-state index contributed by atoms with van der Waals surface area (Å²) in [5.41, 5.74) is 6.83. The summed E-state index contributed by atoms with van der Waals surface area (Å²) in [6.07, 6.45) is 3.69. The van der Waals surface area contributed by atoms with E-state index in [-0.39, 0.29) is 0 Å². The Kier molecular flexibility index (Phi) is 3.50. The number of H-pyrrole nitrogens is 1. The van der Waals surface area contributed by atoms with Crippen LogP contribution in [0.5, 0.6) is 5.75 Å². The summed E-state index contributed by atoms with van der Waals surface area (Å²) in [7, 11) is 3.48. The Morgan fingerprint density at radius 2 is 2.15 bits per heavy atom. The zero-order chi connectivity index (χ0) is 18.5. The molecule has 1 aromatic carbocycles. The van der Waals surface area contributed by atoms with Crippen LogP contribution in [0, 0.1) is 0 Å². The smallest absolute Gasteiger partial charge is 0.147 e. The van der Waals surface area contributed by atoms with Gasteiger partial charge in [0.1, 0.15) is 28.8 Å². The Morgan fingerprint density at radius 1 is 1.26 bits per heavy atom. The van der Waals surface area contributed by atoms with Crippen molar-refractivity contribution in [1.29, 1.82) is 0 Å². The van der Waals surface area contributed by atoms with Crippen LogP contribution in [-0.4, -0.2) is 38.2 Å². The van der Waals surface area contributed by atoms with E-state index in [9.17, 15) is 4.39 Å². The molecular formula is C20H18FN5O. The highest BCUT2D eigenvalue weighted by atomic mass is 19.1. The van der Waals surface area contributed by atoms with Gasteiger partial charge in [-0.15, -0.1) is 0 Å². The van der Waals surface area contributed by atoms with E-state index < -0.39 is 6.17 Å². The zero-order valence-corrected chi connectivity index (χ0v) is 15.0. The molecule has 0 radical (unpaired) electrons. The van der Waals surface area contributed by atoms with Crippen LogP contribution in [0.2, 0.25) is 0 Å². The molecule has 1 unspecified atom stereocenters. The number of nitrogens with zero attached hydrogens (tertiary/aromatic N) is 4. The maximum atomic E-state index is 14.0. The van der Waals surface area contributed by atoms with E-state index >= 15 is 0 Å². The summed E-state index contributed by atoms with van der Waals surface area (Å²) in [5, 5.41) is 11.7. The highest BCUT2D eigenvalue weighted by molar-refractivity contribution is 5.92. The first kappa shape index (κ1) is 16.0. The second kappa shape index (κ2) is 5.90.